The zero-order valence-corrected chi connectivity index (χ0v) is 16.0. The molecule has 1 aromatic carbocycles. The SMILES string of the molecule is COc1ccc(-n2ccc(CNC(=O)[C@H]3CNC[C@@H]3c3cnn(C)c3)n2)cc1. The Labute approximate surface area is 163 Å². The molecular weight excluding hydrogens is 356 g/mol. The molecule has 8 heteroatoms. The zero-order valence-electron chi connectivity index (χ0n) is 16.0. The van der Waals surface area contributed by atoms with Crippen molar-refractivity contribution in [1.82, 2.24) is 30.2 Å². The van der Waals surface area contributed by atoms with Gasteiger partial charge in [0.1, 0.15) is 5.75 Å². The molecule has 1 aliphatic rings. The Morgan fingerprint density at radius 3 is 2.82 bits per heavy atom. The lowest BCUT2D eigenvalue weighted by atomic mass is 9.90. The van der Waals surface area contributed by atoms with Gasteiger partial charge in [0.05, 0.1) is 37.2 Å². The molecule has 28 heavy (non-hydrogen) atoms. The van der Waals surface area contributed by atoms with Crippen LogP contribution >= 0.6 is 0 Å². The Hall–Kier alpha value is -3.13. The maximum atomic E-state index is 12.7. The van der Waals surface area contributed by atoms with E-state index in [0.29, 0.717) is 13.1 Å². The zero-order chi connectivity index (χ0) is 19.5. The standard InChI is InChI=1S/C20H24N6O2/c1-25-13-14(9-23-25)18-11-21-12-19(18)20(27)22-10-15-7-8-26(24-15)16-3-5-17(28-2)6-4-16/h3-9,13,18-19,21H,10-12H2,1-2H3,(H,22,27)/t18-,19+/m1/s1. The minimum absolute atomic E-state index is 0.0397. The van der Waals surface area contributed by atoms with Crippen molar-refractivity contribution in [2.75, 3.05) is 20.2 Å². The molecule has 1 aliphatic heterocycles. The van der Waals surface area contributed by atoms with Crippen LogP contribution < -0.4 is 15.4 Å². The van der Waals surface area contributed by atoms with Gasteiger partial charge in [-0.1, -0.05) is 0 Å². The lowest BCUT2D eigenvalue weighted by Crippen LogP contribution is -2.34. The van der Waals surface area contributed by atoms with Crippen molar-refractivity contribution >= 4 is 5.91 Å². The number of nitrogens with one attached hydrogen (secondary N) is 2. The highest BCUT2D eigenvalue weighted by Gasteiger charge is 2.34. The van der Waals surface area contributed by atoms with Crippen LogP contribution in [0.4, 0.5) is 0 Å². The number of carbonyl (C=O) groups excluding carboxylic acids is 1. The molecule has 0 spiro atoms. The second kappa shape index (κ2) is 7.85. The molecule has 0 unspecified atom stereocenters. The molecule has 2 aromatic heterocycles. The fraction of sp³-hybridized carbons (Fsp3) is 0.350. The number of hydrogen-bond donors (Lipinski definition) is 2. The molecule has 0 radical (unpaired) electrons. The third-order valence-electron chi connectivity index (χ3n) is 5.13. The van der Waals surface area contributed by atoms with Crippen molar-refractivity contribution in [1.29, 1.82) is 0 Å². The van der Waals surface area contributed by atoms with Gasteiger partial charge in [-0.25, -0.2) is 4.68 Å². The summed E-state index contributed by atoms with van der Waals surface area (Å²) in [6, 6.07) is 9.58. The van der Waals surface area contributed by atoms with E-state index in [9.17, 15) is 4.79 Å². The summed E-state index contributed by atoms with van der Waals surface area (Å²) in [6.07, 6.45) is 5.71. The lowest BCUT2D eigenvalue weighted by Gasteiger charge is -2.16. The molecule has 0 bridgehead atoms. The second-order valence-electron chi connectivity index (χ2n) is 6.99. The monoisotopic (exact) mass is 380 g/mol. The van der Waals surface area contributed by atoms with Crippen LogP contribution in [-0.4, -0.2) is 45.7 Å². The normalized spacial score (nSPS) is 18.9. The van der Waals surface area contributed by atoms with E-state index < -0.39 is 0 Å². The first-order valence-corrected chi connectivity index (χ1v) is 9.30. The largest absolute Gasteiger partial charge is 0.497 e. The third-order valence-corrected chi connectivity index (χ3v) is 5.13. The Balaban J connectivity index is 1.37. The van der Waals surface area contributed by atoms with Crippen molar-refractivity contribution in [3.05, 3.63) is 60.2 Å². The molecule has 3 heterocycles. The second-order valence-corrected chi connectivity index (χ2v) is 6.99. The van der Waals surface area contributed by atoms with Crippen LogP contribution in [0.5, 0.6) is 5.75 Å². The quantitative estimate of drug-likeness (QED) is 0.672. The molecule has 2 N–H and O–H groups in total. The van der Waals surface area contributed by atoms with E-state index in [4.69, 9.17) is 4.74 Å². The van der Waals surface area contributed by atoms with Gasteiger partial charge in [-0.05, 0) is 35.9 Å². The Morgan fingerprint density at radius 1 is 1.29 bits per heavy atom. The molecule has 0 aliphatic carbocycles. The van der Waals surface area contributed by atoms with E-state index in [-0.39, 0.29) is 17.7 Å². The number of nitrogens with zero attached hydrogens (tertiary/aromatic N) is 4. The van der Waals surface area contributed by atoms with Gasteiger partial charge in [0.2, 0.25) is 5.91 Å². The Morgan fingerprint density at radius 2 is 2.11 bits per heavy atom. The number of methoxy groups -OCH3 is 1. The first-order chi connectivity index (χ1) is 13.6. The van der Waals surface area contributed by atoms with Crippen LogP contribution in [0.25, 0.3) is 5.69 Å². The highest BCUT2D eigenvalue weighted by Crippen LogP contribution is 2.28. The minimum Gasteiger partial charge on any atom is -0.497 e. The fourth-order valence-corrected chi connectivity index (χ4v) is 3.58. The van der Waals surface area contributed by atoms with Crippen LogP contribution in [0.2, 0.25) is 0 Å². The van der Waals surface area contributed by atoms with Gasteiger partial charge in [0.25, 0.3) is 0 Å². The van der Waals surface area contributed by atoms with E-state index in [1.54, 1.807) is 16.5 Å². The number of hydrogen-bond acceptors (Lipinski definition) is 5. The summed E-state index contributed by atoms with van der Waals surface area (Å²) in [4.78, 5) is 12.7. The molecule has 1 amide bonds. The molecule has 4 rings (SSSR count). The lowest BCUT2D eigenvalue weighted by molar-refractivity contribution is -0.125. The van der Waals surface area contributed by atoms with E-state index in [2.05, 4.69) is 20.8 Å². The molecular formula is C20H24N6O2. The maximum absolute atomic E-state index is 12.7. The van der Waals surface area contributed by atoms with E-state index in [1.807, 2.05) is 56.0 Å². The predicted molar refractivity (Wildman–Crippen MR) is 104 cm³/mol. The van der Waals surface area contributed by atoms with Crippen LogP contribution in [0.15, 0.2) is 48.9 Å². The fourth-order valence-electron chi connectivity index (χ4n) is 3.58. The van der Waals surface area contributed by atoms with Gasteiger partial charge in [-0.3, -0.25) is 9.48 Å². The number of aromatic nitrogens is 4. The van der Waals surface area contributed by atoms with Gasteiger partial charge >= 0.3 is 0 Å². The topological polar surface area (TPSA) is 86.0 Å². The van der Waals surface area contributed by atoms with Gasteiger partial charge in [0.15, 0.2) is 0 Å². The number of ether oxygens (including phenoxy) is 1. The number of aryl methyl sites for hydroxylation is 1. The smallest absolute Gasteiger partial charge is 0.225 e. The summed E-state index contributed by atoms with van der Waals surface area (Å²) in [5, 5.41) is 15.1. The van der Waals surface area contributed by atoms with Crippen molar-refractivity contribution in [2.24, 2.45) is 13.0 Å². The van der Waals surface area contributed by atoms with Crippen molar-refractivity contribution in [3.63, 3.8) is 0 Å². The molecule has 2 atom stereocenters. The molecule has 3 aromatic rings. The predicted octanol–water partition coefficient (Wildman–Crippen LogP) is 1.23. The van der Waals surface area contributed by atoms with Gasteiger partial charge in [-0.2, -0.15) is 10.2 Å². The van der Waals surface area contributed by atoms with Gasteiger partial charge in [0, 0.05) is 38.4 Å². The summed E-state index contributed by atoms with van der Waals surface area (Å²) in [7, 11) is 3.53. The van der Waals surface area contributed by atoms with E-state index >= 15 is 0 Å². The van der Waals surface area contributed by atoms with E-state index in [1.165, 1.54) is 0 Å². The Bertz CT molecular complexity index is 946. The average molecular weight is 380 g/mol. The summed E-state index contributed by atoms with van der Waals surface area (Å²) < 4.78 is 8.74. The molecule has 146 valence electrons. The van der Waals surface area contributed by atoms with Crippen LogP contribution in [0.3, 0.4) is 0 Å². The van der Waals surface area contributed by atoms with Crippen molar-refractivity contribution in [3.8, 4) is 11.4 Å². The van der Waals surface area contributed by atoms with Crippen molar-refractivity contribution < 1.29 is 9.53 Å². The molecule has 8 nitrogen and oxygen atoms in total. The van der Waals surface area contributed by atoms with Gasteiger partial charge < -0.3 is 15.4 Å². The first-order valence-electron chi connectivity index (χ1n) is 9.30. The van der Waals surface area contributed by atoms with Gasteiger partial charge in [-0.15, -0.1) is 0 Å². The third kappa shape index (κ3) is 3.77. The number of carbonyl (C=O) groups is 1. The number of amides is 1. The molecule has 1 saturated heterocycles. The summed E-state index contributed by atoms with van der Waals surface area (Å²) in [5.41, 5.74) is 2.85. The molecule has 0 saturated carbocycles. The summed E-state index contributed by atoms with van der Waals surface area (Å²) >= 11 is 0. The summed E-state index contributed by atoms with van der Waals surface area (Å²) in [5.74, 6) is 0.882. The first kappa shape index (κ1) is 18.2. The van der Waals surface area contributed by atoms with E-state index in [0.717, 1.165) is 29.2 Å². The molecule has 1 fully saturated rings. The van der Waals surface area contributed by atoms with Crippen LogP contribution in [0.1, 0.15) is 17.2 Å². The highest BCUT2D eigenvalue weighted by molar-refractivity contribution is 5.80. The van der Waals surface area contributed by atoms with Crippen molar-refractivity contribution in [2.45, 2.75) is 12.5 Å². The summed E-state index contributed by atoms with van der Waals surface area (Å²) in [6.45, 7) is 1.86. The average Bonchev–Trinajstić information content (AvgIpc) is 3.46. The highest BCUT2D eigenvalue weighted by atomic mass is 16.5. The minimum atomic E-state index is -0.104. The van der Waals surface area contributed by atoms with Crippen LogP contribution in [0, 0.1) is 5.92 Å². The number of benzene rings is 1. The maximum Gasteiger partial charge on any atom is 0.225 e. The Kier molecular flexibility index (Phi) is 5.12. The number of rotatable bonds is 6. The van der Waals surface area contributed by atoms with Crippen LogP contribution in [-0.2, 0) is 18.4 Å².